The molecule has 1 saturated heterocycles. The molecule has 3 heterocycles. The number of rotatable bonds is 4. The summed E-state index contributed by atoms with van der Waals surface area (Å²) in [5.74, 6) is 0.405. The number of hydrogen-bond acceptors (Lipinski definition) is 5. The maximum Gasteiger partial charge on any atom is 0.323 e. The van der Waals surface area contributed by atoms with E-state index in [0.717, 1.165) is 16.9 Å². The number of nitrogens with zero attached hydrogens (tertiary/aromatic N) is 4. The van der Waals surface area contributed by atoms with E-state index in [4.69, 9.17) is 0 Å². The maximum atomic E-state index is 12.7. The molecule has 0 radical (unpaired) electrons. The van der Waals surface area contributed by atoms with Crippen molar-refractivity contribution >= 4 is 27.6 Å². The van der Waals surface area contributed by atoms with Gasteiger partial charge in [-0.15, -0.1) is 6.58 Å². The number of hydrogen-bond donors (Lipinski definition) is 1. The van der Waals surface area contributed by atoms with Gasteiger partial charge >= 0.3 is 6.03 Å². The van der Waals surface area contributed by atoms with Gasteiger partial charge in [-0.2, -0.15) is 0 Å². The van der Waals surface area contributed by atoms with E-state index >= 15 is 0 Å². The summed E-state index contributed by atoms with van der Waals surface area (Å²) in [7, 11) is -3.35. The molecule has 4 rings (SSSR count). The fraction of sp³-hybridized carbons (Fsp3) is 0.381. The second kappa shape index (κ2) is 7.71. The van der Waals surface area contributed by atoms with Crippen molar-refractivity contribution in [3.63, 3.8) is 0 Å². The van der Waals surface area contributed by atoms with Crippen LogP contribution >= 0.6 is 0 Å². The SMILES string of the molecule is C=CCc1cnc(NC(=O)N2CCC3(CC2)CN(S(C)(=O)=O)c2ccccc23)cn1. The molecule has 2 aliphatic rings. The lowest BCUT2D eigenvalue weighted by molar-refractivity contribution is 0.173. The van der Waals surface area contributed by atoms with Gasteiger partial charge in [-0.25, -0.2) is 18.2 Å². The fourth-order valence-corrected chi connectivity index (χ4v) is 5.31. The fourth-order valence-electron chi connectivity index (χ4n) is 4.31. The van der Waals surface area contributed by atoms with Crippen molar-refractivity contribution in [2.75, 3.05) is 35.5 Å². The second-order valence-electron chi connectivity index (χ2n) is 7.87. The Kier molecular flexibility index (Phi) is 5.23. The van der Waals surface area contributed by atoms with Crippen LogP contribution in [0, 0.1) is 0 Å². The third kappa shape index (κ3) is 3.77. The number of piperidine rings is 1. The summed E-state index contributed by atoms with van der Waals surface area (Å²) in [6.45, 7) is 5.18. The Morgan fingerprint density at radius 1 is 1.23 bits per heavy atom. The summed E-state index contributed by atoms with van der Waals surface area (Å²) in [6.07, 6.45) is 8.18. The summed E-state index contributed by atoms with van der Waals surface area (Å²) in [6, 6.07) is 7.46. The third-order valence-electron chi connectivity index (χ3n) is 5.89. The molecule has 30 heavy (non-hydrogen) atoms. The molecule has 0 unspecified atom stereocenters. The number of urea groups is 1. The Balaban J connectivity index is 1.44. The average molecular weight is 428 g/mol. The molecule has 0 atom stereocenters. The predicted molar refractivity (Wildman–Crippen MR) is 116 cm³/mol. The number of anilines is 2. The van der Waals surface area contributed by atoms with Crippen LogP contribution in [-0.4, -0.2) is 55.2 Å². The quantitative estimate of drug-likeness (QED) is 0.757. The van der Waals surface area contributed by atoms with Gasteiger partial charge in [-0.1, -0.05) is 24.3 Å². The van der Waals surface area contributed by atoms with E-state index in [1.165, 1.54) is 10.6 Å². The zero-order chi connectivity index (χ0) is 21.4. The summed E-state index contributed by atoms with van der Waals surface area (Å²) < 4.78 is 26.1. The van der Waals surface area contributed by atoms with Crippen LogP contribution < -0.4 is 9.62 Å². The van der Waals surface area contributed by atoms with E-state index in [1.54, 1.807) is 23.4 Å². The predicted octanol–water partition coefficient (Wildman–Crippen LogP) is 2.55. The van der Waals surface area contributed by atoms with Crippen LogP contribution in [0.25, 0.3) is 0 Å². The molecule has 8 nitrogen and oxygen atoms in total. The van der Waals surface area contributed by atoms with Crippen LogP contribution in [0.5, 0.6) is 0 Å². The standard InChI is InChI=1S/C21H25N5O3S/c1-3-6-16-13-23-19(14-22-16)24-20(27)25-11-9-21(10-12-25)15-26(30(2,28)29)18-8-5-4-7-17(18)21/h3-5,7-8,13-14H,1,6,9-12,15H2,2H3,(H,23,24,27). The first kappa shape index (κ1) is 20.3. The number of nitrogens with one attached hydrogen (secondary N) is 1. The number of benzene rings is 1. The van der Waals surface area contributed by atoms with Crippen LogP contribution in [0.1, 0.15) is 24.1 Å². The van der Waals surface area contributed by atoms with Crippen molar-refractivity contribution in [2.24, 2.45) is 0 Å². The smallest absolute Gasteiger partial charge is 0.323 e. The Morgan fingerprint density at radius 3 is 2.60 bits per heavy atom. The van der Waals surface area contributed by atoms with Gasteiger partial charge in [0.2, 0.25) is 10.0 Å². The summed E-state index contributed by atoms with van der Waals surface area (Å²) in [5.41, 5.74) is 2.34. The van der Waals surface area contributed by atoms with Crippen molar-refractivity contribution < 1.29 is 13.2 Å². The maximum absolute atomic E-state index is 12.7. The molecule has 1 aromatic heterocycles. The molecule has 0 saturated carbocycles. The number of carbonyl (C=O) groups excluding carboxylic acids is 1. The van der Waals surface area contributed by atoms with Crippen molar-refractivity contribution in [1.82, 2.24) is 14.9 Å². The summed E-state index contributed by atoms with van der Waals surface area (Å²) >= 11 is 0. The number of fused-ring (bicyclic) bond motifs is 2. The molecule has 1 fully saturated rings. The molecule has 0 bridgehead atoms. The minimum Gasteiger partial charge on any atom is -0.324 e. The topological polar surface area (TPSA) is 95.5 Å². The molecule has 158 valence electrons. The minimum absolute atomic E-state index is 0.220. The Hall–Kier alpha value is -2.94. The second-order valence-corrected chi connectivity index (χ2v) is 9.78. The van der Waals surface area contributed by atoms with Crippen LogP contribution in [-0.2, 0) is 21.9 Å². The molecule has 2 aliphatic heterocycles. The summed E-state index contributed by atoms with van der Waals surface area (Å²) in [5, 5.41) is 2.79. The third-order valence-corrected chi connectivity index (χ3v) is 7.02. The highest BCUT2D eigenvalue weighted by atomic mass is 32.2. The highest BCUT2D eigenvalue weighted by Gasteiger charge is 2.47. The largest absolute Gasteiger partial charge is 0.324 e. The van der Waals surface area contributed by atoms with Crippen LogP contribution in [0.2, 0.25) is 0 Å². The number of aromatic nitrogens is 2. The highest BCUT2D eigenvalue weighted by Crippen LogP contribution is 2.47. The molecule has 0 aliphatic carbocycles. The number of allylic oxidation sites excluding steroid dienone is 1. The molecular formula is C21H25N5O3S. The van der Waals surface area contributed by atoms with Gasteiger partial charge in [-0.3, -0.25) is 14.6 Å². The van der Waals surface area contributed by atoms with Gasteiger partial charge in [-0.05, 0) is 24.5 Å². The zero-order valence-electron chi connectivity index (χ0n) is 16.9. The lowest BCUT2D eigenvalue weighted by atomic mass is 9.74. The van der Waals surface area contributed by atoms with Gasteiger partial charge in [0.1, 0.15) is 0 Å². The van der Waals surface area contributed by atoms with Crippen LogP contribution in [0.3, 0.4) is 0 Å². The van der Waals surface area contributed by atoms with E-state index in [9.17, 15) is 13.2 Å². The van der Waals surface area contributed by atoms with Gasteiger partial charge in [0.05, 0.1) is 30.0 Å². The van der Waals surface area contributed by atoms with Crippen molar-refractivity contribution in [3.05, 3.63) is 60.6 Å². The lowest BCUT2D eigenvalue weighted by Gasteiger charge is -2.39. The first-order valence-electron chi connectivity index (χ1n) is 9.87. The Labute approximate surface area is 176 Å². The molecule has 2 amide bonds. The van der Waals surface area contributed by atoms with E-state index in [-0.39, 0.29) is 11.4 Å². The first-order valence-corrected chi connectivity index (χ1v) is 11.7. The molecule has 1 N–H and O–H groups in total. The number of para-hydroxylation sites is 1. The molecule has 1 aromatic carbocycles. The highest BCUT2D eigenvalue weighted by molar-refractivity contribution is 7.92. The van der Waals surface area contributed by atoms with E-state index in [2.05, 4.69) is 21.9 Å². The monoisotopic (exact) mass is 427 g/mol. The van der Waals surface area contributed by atoms with Gasteiger partial charge in [0, 0.05) is 31.5 Å². The average Bonchev–Trinajstić information content (AvgIpc) is 3.05. The Morgan fingerprint density at radius 2 is 1.97 bits per heavy atom. The van der Waals surface area contributed by atoms with E-state index in [0.29, 0.717) is 44.7 Å². The van der Waals surface area contributed by atoms with Crippen molar-refractivity contribution in [2.45, 2.75) is 24.7 Å². The van der Waals surface area contributed by atoms with E-state index < -0.39 is 10.0 Å². The minimum atomic E-state index is -3.35. The van der Waals surface area contributed by atoms with Crippen LogP contribution in [0.15, 0.2) is 49.3 Å². The molecule has 9 heteroatoms. The lowest BCUT2D eigenvalue weighted by Crippen LogP contribution is -2.48. The number of likely N-dealkylation sites (tertiary alicyclic amines) is 1. The normalized spacial score (nSPS) is 17.6. The molecular weight excluding hydrogens is 402 g/mol. The molecule has 1 spiro atoms. The Bertz CT molecular complexity index is 1060. The number of sulfonamides is 1. The zero-order valence-corrected chi connectivity index (χ0v) is 17.7. The van der Waals surface area contributed by atoms with Gasteiger partial charge < -0.3 is 4.90 Å². The van der Waals surface area contributed by atoms with Gasteiger partial charge in [0.15, 0.2) is 5.82 Å². The van der Waals surface area contributed by atoms with Crippen LogP contribution in [0.4, 0.5) is 16.3 Å². The van der Waals surface area contributed by atoms with Crippen molar-refractivity contribution in [3.8, 4) is 0 Å². The van der Waals surface area contributed by atoms with Gasteiger partial charge in [0.25, 0.3) is 0 Å². The molecule has 2 aromatic rings. The number of carbonyl (C=O) groups is 1. The van der Waals surface area contributed by atoms with Crippen molar-refractivity contribution in [1.29, 1.82) is 0 Å². The summed E-state index contributed by atoms with van der Waals surface area (Å²) in [4.78, 5) is 22.9. The van der Waals surface area contributed by atoms with E-state index in [1.807, 2.05) is 24.3 Å². The number of amides is 2. The first-order chi connectivity index (χ1) is 14.3.